The molecule has 2 heterocycles. The molecular weight excluding hydrogens is 222 g/mol. The molecule has 1 unspecified atom stereocenters. The van der Waals surface area contributed by atoms with Crippen LogP contribution in [0.4, 0.5) is 5.95 Å². The van der Waals surface area contributed by atoms with E-state index in [2.05, 4.69) is 39.3 Å². The van der Waals surface area contributed by atoms with Crippen LogP contribution in [-0.4, -0.2) is 32.5 Å². The summed E-state index contributed by atoms with van der Waals surface area (Å²) in [6.45, 7) is 4.36. The highest BCUT2D eigenvalue weighted by Crippen LogP contribution is 2.29. The van der Waals surface area contributed by atoms with Gasteiger partial charge in [0.2, 0.25) is 5.95 Å². The minimum absolute atomic E-state index is 0.540. The molecule has 0 bridgehead atoms. The molecule has 0 radical (unpaired) electrons. The van der Waals surface area contributed by atoms with E-state index in [4.69, 9.17) is 0 Å². The molecule has 0 aliphatic carbocycles. The molecule has 6 heteroatoms. The molecule has 0 aliphatic rings. The van der Waals surface area contributed by atoms with Crippen molar-refractivity contribution in [1.82, 2.24) is 20.2 Å². The largest absolute Gasteiger partial charge is 0.357 e. The number of anilines is 1. The Morgan fingerprint density at radius 2 is 2.31 bits per heavy atom. The normalized spacial score (nSPS) is 12.9. The van der Waals surface area contributed by atoms with Crippen LogP contribution >= 0.6 is 11.8 Å². The van der Waals surface area contributed by atoms with Crippen LogP contribution in [0.15, 0.2) is 11.2 Å². The summed E-state index contributed by atoms with van der Waals surface area (Å²) < 4.78 is 0. The standard InChI is InChI=1S/C10H15N5S/c1-4-6(2)16-9-7-5-12-15-8(7)13-10(11-3)14-9/h5-6H,4H2,1-3H3,(H2,11,12,13,14,15). The lowest BCUT2D eigenvalue weighted by molar-refractivity contribution is 0.902. The molecule has 5 nitrogen and oxygen atoms in total. The molecule has 86 valence electrons. The Morgan fingerprint density at radius 3 is 3.00 bits per heavy atom. The maximum atomic E-state index is 4.46. The average Bonchev–Trinajstić information content (AvgIpc) is 2.76. The number of aromatic nitrogens is 4. The third-order valence-corrected chi connectivity index (χ3v) is 3.66. The van der Waals surface area contributed by atoms with Crippen LogP contribution in [-0.2, 0) is 0 Å². The number of nitrogens with zero attached hydrogens (tertiary/aromatic N) is 3. The van der Waals surface area contributed by atoms with Gasteiger partial charge in [0.15, 0.2) is 5.65 Å². The van der Waals surface area contributed by atoms with Gasteiger partial charge in [0.1, 0.15) is 5.03 Å². The van der Waals surface area contributed by atoms with Crippen molar-refractivity contribution in [2.24, 2.45) is 0 Å². The highest BCUT2D eigenvalue weighted by molar-refractivity contribution is 8.00. The second-order valence-electron chi connectivity index (χ2n) is 3.57. The molecule has 0 fully saturated rings. The fourth-order valence-electron chi connectivity index (χ4n) is 1.28. The molecule has 0 saturated carbocycles. The molecule has 2 aromatic heterocycles. The van der Waals surface area contributed by atoms with Crippen molar-refractivity contribution in [2.45, 2.75) is 30.5 Å². The first kappa shape index (κ1) is 11.2. The minimum atomic E-state index is 0.540. The third kappa shape index (κ3) is 2.11. The van der Waals surface area contributed by atoms with Crippen molar-refractivity contribution in [3.8, 4) is 0 Å². The lowest BCUT2D eigenvalue weighted by Gasteiger charge is -2.09. The van der Waals surface area contributed by atoms with E-state index in [0.717, 1.165) is 22.5 Å². The molecule has 0 amide bonds. The van der Waals surface area contributed by atoms with Crippen molar-refractivity contribution in [3.05, 3.63) is 6.20 Å². The first-order chi connectivity index (χ1) is 7.74. The lowest BCUT2D eigenvalue weighted by atomic mass is 10.4. The van der Waals surface area contributed by atoms with Crippen LogP contribution < -0.4 is 5.32 Å². The summed E-state index contributed by atoms with van der Waals surface area (Å²) in [5.74, 6) is 0.627. The van der Waals surface area contributed by atoms with Gasteiger partial charge in [-0.3, -0.25) is 5.10 Å². The topological polar surface area (TPSA) is 66.5 Å². The zero-order valence-electron chi connectivity index (χ0n) is 9.61. The Bertz CT molecular complexity index is 481. The number of nitrogens with one attached hydrogen (secondary N) is 2. The number of hydrogen-bond donors (Lipinski definition) is 2. The minimum Gasteiger partial charge on any atom is -0.357 e. The van der Waals surface area contributed by atoms with Gasteiger partial charge in [-0.05, 0) is 6.42 Å². The van der Waals surface area contributed by atoms with E-state index < -0.39 is 0 Å². The van der Waals surface area contributed by atoms with Gasteiger partial charge in [0, 0.05) is 12.3 Å². The van der Waals surface area contributed by atoms with Gasteiger partial charge < -0.3 is 5.32 Å². The van der Waals surface area contributed by atoms with Crippen molar-refractivity contribution in [3.63, 3.8) is 0 Å². The van der Waals surface area contributed by atoms with Crippen LogP contribution in [0.3, 0.4) is 0 Å². The van der Waals surface area contributed by atoms with Crippen LogP contribution in [0, 0.1) is 0 Å². The fraction of sp³-hybridized carbons (Fsp3) is 0.500. The SMILES string of the molecule is CCC(C)Sc1nc(NC)nc2[nH]ncc12. The van der Waals surface area contributed by atoms with Gasteiger partial charge in [-0.15, -0.1) is 11.8 Å². The van der Waals surface area contributed by atoms with Gasteiger partial charge in [-0.25, -0.2) is 4.98 Å². The van der Waals surface area contributed by atoms with Gasteiger partial charge in [0.05, 0.1) is 11.6 Å². The molecule has 0 saturated heterocycles. The van der Waals surface area contributed by atoms with Crippen LogP contribution in [0.25, 0.3) is 11.0 Å². The highest BCUT2D eigenvalue weighted by atomic mass is 32.2. The van der Waals surface area contributed by atoms with Crippen molar-refractivity contribution >= 4 is 28.7 Å². The molecule has 2 N–H and O–H groups in total. The van der Waals surface area contributed by atoms with Gasteiger partial charge >= 0.3 is 0 Å². The molecule has 16 heavy (non-hydrogen) atoms. The van der Waals surface area contributed by atoms with Gasteiger partial charge in [-0.1, -0.05) is 13.8 Å². The zero-order valence-corrected chi connectivity index (χ0v) is 10.4. The molecule has 0 aliphatic heterocycles. The van der Waals surface area contributed by atoms with E-state index >= 15 is 0 Å². The van der Waals surface area contributed by atoms with Crippen molar-refractivity contribution < 1.29 is 0 Å². The van der Waals surface area contributed by atoms with Gasteiger partial charge in [0.25, 0.3) is 0 Å². The maximum Gasteiger partial charge on any atom is 0.225 e. The number of H-pyrrole nitrogens is 1. The average molecular weight is 237 g/mol. The zero-order chi connectivity index (χ0) is 11.5. The number of aromatic amines is 1. The lowest BCUT2D eigenvalue weighted by Crippen LogP contribution is -2.00. The van der Waals surface area contributed by atoms with E-state index in [1.807, 2.05) is 7.05 Å². The number of thioether (sulfide) groups is 1. The van der Waals surface area contributed by atoms with E-state index in [9.17, 15) is 0 Å². The van der Waals surface area contributed by atoms with Crippen molar-refractivity contribution in [1.29, 1.82) is 0 Å². The molecular formula is C10H15N5S. The number of fused-ring (bicyclic) bond motifs is 1. The summed E-state index contributed by atoms with van der Waals surface area (Å²) >= 11 is 1.76. The molecule has 2 aromatic rings. The fourth-order valence-corrected chi connectivity index (χ4v) is 2.25. The third-order valence-electron chi connectivity index (χ3n) is 2.39. The second-order valence-corrected chi connectivity index (χ2v) is 5.00. The summed E-state index contributed by atoms with van der Waals surface area (Å²) in [7, 11) is 1.81. The van der Waals surface area contributed by atoms with E-state index in [1.165, 1.54) is 0 Å². The monoisotopic (exact) mass is 237 g/mol. The predicted octanol–water partition coefficient (Wildman–Crippen LogP) is 2.29. The molecule has 1 atom stereocenters. The maximum absolute atomic E-state index is 4.46. The van der Waals surface area contributed by atoms with E-state index in [0.29, 0.717) is 11.2 Å². The Balaban J connectivity index is 2.44. The van der Waals surface area contributed by atoms with E-state index in [-0.39, 0.29) is 0 Å². The first-order valence-electron chi connectivity index (χ1n) is 5.30. The molecule has 0 spiro atoms. The number of rotatable bonds is 4. The molecule has 0 aromatic carbocycles. The Hall–Kier alpha value is -1.30. The van der Waals surface area contributed by atoms with E-state index in [1.54, 1.807) is 18.0 Å². The summed E-state index contributed by atoms with van der Waals surface area (Å²) in [6.07, 6.45) is 2.89. The summed E-state index contributed by atoms with van der Waals surface area (Å²) in [5, 5.41) is 12.3. The van der Waals surface area contributed by atoms with Crippen molar-refractivity contribution in [2.75, 3.05) is 12.4 Å². The Labute approximate surface area is 98.4 Å². The number of hydrogen-bond acceptors (Lipinski definition) is 5. The Morgan fingerprint density at radius 1 is 1.50 bits per heavy atom. The first-order valence-corrected chi connectivity index (χ1v) is 6.18. The predicted molar refractivity (Wildman–Crippen MR) is 66.8 cm³/mol. The highest BCUT2D eigenvalue weighted by Gasteiger charge is 2.11. The summed E-state index contributed by atoms with van der Waals surface area (Å²) in [6, 6.07) is 0. The summed E-state index contributed by atoms with van der Waals surface area (Å²) in [5.41, 5.74) is 0.783. The van der Waals surface area contributed by atoms with Crippen LogP contribution in [0.1, 0.15) is 20.3 Å². The van der Waals surface area contributed by atoms with Gasteiger partial charge in [-0.2, -0.15) is 10.1 Å². The Kier molecular flexibility index (Phi) is 3.28. The smallest absolute Gasteiger partial charge is 0.225 e. The second kappa shape index (κ2) is 4.69. The quantitative estimate of drug-likeness (QED) is 0.631. The van der Waals surface area contributed by atoms with Crippen LogP contribution in [0.2, 0.25) is 0 Å². The molecule has 2 rings (SSSR count). The summed E-state index contributed by atoms with van der Waals surface area (Å²) in [4.78, 5) is 8.75. The van der Waals surface area contributed by atoms with Crippen LogP contribution in [0.5, 0.6) is 0 Å².